The Morgan fingerprint density at radius 2 is 1.73 bits per heavy atom. The highest BCUT2D eigenvalue weighted by Crippen LogP contribution is 2.27. The van der Waals surface area contributed by atoms with E-state index in [1.165, 1.54) is 5.56 Å². The molecule has 0 aromatic heterocycles. The van der Waals surface area contributed by atoms with E-state index in [-0.39, 0.29) is 5.92 Å². The predicted molar refractivity (Wildman–Crippen MR) is 124 cm³/mol. The average molecular weight is 445 g/mol. The maximum Gasteiger partial charge on any atom is 0.226 e. The molecule has 5 heteroatoms. The molecule has 2 aliphatic rings. The van der Waals surface area contributed by atoms with Crippen LogP contribution in [-0.4, -0.2) is 41.9 Å². The summed E-state index contributed by atoms with van der Waals surface area (Å²) in [6.07, 6.45) is 5.40. The molecule has 0 spiro atoms. The molecule has 4 rings (SSSR count). The number of carbonyl (C=O) groups excluding carboxylic acids is 1. The molecule has 2 heterocycles. The molecule has 2 saturated heterocycles. The highest BCUT2D eigenvalue weighted by Gasteiger charge is 2.31. The quantitative estimate of drug-likeness (QED) is 0.591. The second kappa shape index (κ2) is 10.2. The minimum atomic E-state index is 0.107. The first kappa shape index (κ1) is 21.7. The van der Waals surface area contributed by atoms with E-state index in [0.717, 1.165) is 70.4 Å². The number of piperidine rings is 2. The maximum atomic E-state index is 13.2. The first-order valence-electron chi connectivity index (χ1n) is 11.1. The Labute approximate surface area is 190 Å². The fourth-order valence-corrected chi connectivity index (χ4v) is 5.32. The number of carbonyl (C=O) groups is 1. The van der Waals surface area contributed by atoms with Gasteiger partial charge in [0.2, 0.25) is 5.91 Å². The van der Waals surface area contributed by atoms with Gasteiger partial charge in [-0.2, -0.15) is 0 Å². The van der Waals surface area contributed by atoms with Crippen LogP contribution in [0.25, 0.3) is 0 Å². The summed E-state index contributed by atoms with van der Waals surface area (Å²) in [6, 6.07) is 16.4. The Bertz CT molecular complexity index is 849. The summed E-state index contributed by atoms with van der Waals surface area (Å²) < 4.78 is 0. The van der Waals surface area contributed by atoms with E-state index in [2.05, 4.69) is 40.1 Å². The number of amides is 1. The fraction of sp³-hybridized carbons (Fsp3) is 0.480. The average Bonchev–Trinajstić information content (AvgIpc) is 2.77. The Morgan fingerprint density at radius 3 is 2.47 bits per heavy atom. The van der Waals surface area contributed by atoms with Crippen molar-refractivity contribution < 1.29 is 4.79 Å². The molecule has 1 unspecified atom stereocenters. The van der Waals surface area contributed by atoms with E-state index in [4.69, 9.17) is 23.2 Å². The topological polar surface area (TPSA) is 23.6 Å². The molecule has 3 nitrogen and oxygen atoms in total. The van der Waals surface area contributed by atoms with Crippen LogP contribution in [0.4, 0.5) is 0 Å². The first-order valence-corrected chi connectivity index (χ1v) is 11.8. The summed E-state index contributed by atoms with van der Waals surface area (Å²) in [4.78, 5) is 17.7. The van der Waals surface area contributed by atoms with Crippen LogP contribution in [0.3, 0.4) is 0 Å². The van der Waals surface area contributed by atoms with E-state index in [1.807, 2.05) is 12.1 Å². The summed E-state index contributed by atoms with van der Waals surface area (Å²) in [5, 5.41) is 1.36. The van der Waals surface area contributed by atoms with Gasteiger partial charge in [-0.3, -0.25) is 9.69 Å². The molecule has 0 aliphatic carbocycles. The van der Waals surface area contributed by atoms with Gasteiger partial charge in [-0.05, 0) is 67.8 Å². The van der Waals surface area contributed by atoms with Gasteiger partial charge in [-0.25, -0.2) is 0 Å². The number of benzene rings is 2. The van der Waals surface area contributed by atoms with Crippen molar-refractivity contribution in [3.05, 3.63) is 69.7 Å². The lowest BCUT2D eigenvalue weighted by Gasteiger charge is -2.38. The molecular formula is C25H30Cl2N2O. The van der Waals surface area contributed by atoms with Gasteiger partial charge < -0.3 is 4.90 Å². The van der Waals surface area contributed by atoms with E-state index in [0.29, 0.717) is 21.9 Å². The van der Waals surface area contributed by atoms with Gasteiger partial charge in [0.05, 0.1) is 5.92 Å². The zero-order valence-corrected chi connectivity index (χ0v) is 18.9. The van der Waals surface area contributed by atoms with E-state index >= 15 is 0 Å². The van der Waals surface area contributed by atoms with E-state index in [1.54, 1.807) is 6.07 Å². The molecule has 0 bridgehead atoms. The Balaban J connectivity index is 1.28. The van der Waals surface area contributed by atoms with E-state index in [9.17, 15) is 4.79 Å². The molecule has 1 atom stereocenters. The second-order valence-electron chi connectivity index (χ2n) is 8.77. The molecular weight excluding hydrogens is 415 g/mol. The summed E-state index contributed by atoms with van der Waals surface area (Å²) in [5.41, 5.74) is 2.49. The SMILES string of the molecule is O=C(C1CCCN(Cc2ccc(Cl)cc2Cl)C1)N1CCC(Cc2ccccc2)CC1. The van der Waals surface area contributed by atoms with Gasteiger partial charge >= 0.3 is 0 Å². The Kier molecular flexibility index (Phi) is 7.35. The third kappa shape index (κ3) is 5.57. The maximum absolute atomic E-state index is 13.2. The van der Waals surface area contributed by atoms with Crippen molar-refractivity contribution in [3.63, 3.8) is 0 Å². The van der Waals surface area contributed by atoms with Gasteiger partial charge in [-0.1, -0.05) is 59.6 Å². The van der Waals surface area contributed by atoms with Crippen molar-refractivity contribution in [2.24, 2.45) is 11.8 Å². The van der Waals surface area contributed by atoms with Crippen molar-refractivity contribution >= 4 is 29.1 Å². The van der Waals surface area contributed by atoms with Gasteiger partial charge in [-0.15, -0.1) is 0 Å². The molecule has 30 heavy (non-hydrogen) atoms. The molecule has 0 radical (unpaired) electrons. The summed E-state index contributed by atoms with van der Waals surface area (Å²) in [6.45, 7) is 4.41. The van der Waals surface area contributed by atoms with Crippen molar-refractivity contribution in [3.8, 4) is 0 Å². The molecule has 0 saturated carbocycles. The molecule has 2 fully saturated rings. The van der Waals surface area contributed by atoms with Crippen LogP contribution >= 0.6 is 23.2 Å². The minimum Gasteiger partial charge on any atom is -0.342 e. The van der Waals surface area contributed by atoms with Crippen LogP contribution in [0, 0.1) is 11.8 Å². The lowest BCUT2D eigenvalue weighted by molar-refractivity contribution is -0.138. The summed E-state index contributed by atoms with van der Waals surface area (Å²) in [5.74, 6) is 1.14. The van der Waals surface area contributed by atoms with Crippen molar-refractivity contribution in [1.82, 2.24) is 9.80 Å². The summed E-state index contributed by atoms with van der Waals surface area (Å²) >= 11 is 12.4. The smallest absolute Gasteiger partial charge is 0.226 e. The van der Waals surface area contributed by atoms with Crippen molar-refractivity contribution in [1.29, 1.82) is 0 Å². The van der Waals surface area contributed by atoms with Crippen LogP contribution in [0.1, 0.15) is 36.8 Å². The standard InChI is InChI=1S/C25H30Cl2N2O/c26-23-9-8-21(24(27)16-23)17-28-12-4-7-22(18-28)25(30)29-13-10-20(11-14-29)15-19-5-2-1-3-6-19/h1-3,5-6,8-9,16,20,22H,4,7,10-15,17-18H2. The fourth-order valence-electron chi connectivity index (χ4n) is 4.85. The van der Waals surface area contributed by atoms with E-state index < -0.39 is 0 Å². The zero-order chi connectivity index (χ0) is 20.9. The predicted octanol–water partition coefficient (Wildman–Crippen LogP) is 5.69. The van der Waals surface area contributed by atoms with Crippen molar-refractivity contribution in [2.75, 3.05) is 26.2 Å². The second-order valence-corrected chi connectivity index (χ2v) is 9.61. The molecule has 2 aromatic carbocycles. The third-order valence-corrected chi connectivity index (χ3v) is 7.14. The lowest BCUT2D eigenvalue weighted by atomic mass is 9.89. The lowest BCUT2D eigenvalue weighted by Crippen LogP contribution is -2.47. The van der Waals surface area contributed by atoms with Crippen LogP contribution in [0.15, 0.2) is 48.5 Å². The normalized spacial score (nSPS) is 21.0. The third-order valence-electron chi connectivity index (χ3n) is 6.56. The van der Waals surface area contributed by atoms with Crippen LogP contribution in [-0.2, 0) is 17.8 Å². The highest BCUT2D eigenvalue weighted by atomic mass is 35.5. The van der Waals surface area contributed by atoms with Crippen LogP contribution in [0.2, 0.25) is 10.0 Å². The number of hydrogen-bond acceptors (Lipinski definition) is 2. The Hall–Kier alpha value is -1.55. The number of rotatable bonds is 5. The number of likely N-dealkylation sites (tertiary alicyclic amines) is 2. The number of hydrogen-bond donors (Lipinski definition) is 0. The molecule has 2 aliphatic heterocycles. The number of halogens is 2. The largest absolute Gasteiger partial charge is 0.342 e. The van der Waals surface area contributed by atoms with Gasteiger partial charge in [0, 0.05) is 36.2 Å². The minimum absolute atomic E-state index is 0.107. The molecule has 160 valence electrons. The molecule has 2 aromatic rings. The molecule has 0 N–H and O–H groups in total. The Morgan fingerprint density at radius 1 is 0.967 bits per heavy atom. The van der Waals surface area contributed by atoms with Crippen LogP contribution in [0.5, 0.6) is 0 Å². The number of nitrogens with zero attached hydrogens (tertiary/aromatic N) is 2. The van der Waals surface area contributed by atoms with Crippen LogP contribution < -0.4 is 0 Å². The van der Waals surface area contributed by atoms with Crippen molar-refractivity contribution in [2.45, 2.75) is 38.6 Å². The summed E-state index contributed by atoms with van der Waals surface area (Å²) in [7, 11) is 0. The highest BCUT2D eigenvalue weighted by molar-refractivity contribution is 6.35. The monoisotopic (exact) mass is 444 g/mol. The zero-order valence-electron chi connectivity index (χ0n) is 17.4. The van der Waals surface area contributed by atoms with Gasteiger partial charge in [0.25, 0.3) is 0 Å². The van der Waals surface area contributed by atoms with Gasteiger partial charge in [0.1, 0.15) is 0 Å². The molecule has 1 amide bonds. The first-order chi connectivity index (χ1) is 14.6. The van der Waals surface area contributed by atoms with Gasteiger partial charge in [0.15, 0.2) is 0 Å².